The van der Waals surface area contributed by atoms with Crippen molar-refractivity contribution in [2.75, 3.05) is 17.7 Å². The molecule has 1 unspecified atom stereocenters. The van der Waals surface area contributed by atoms with Crippen molar-refractivity contribution in [1.29, 1.82) is 5.41 Å². The molecule has 2 amide bonds. The first kappa shape index (κ1) is 24.4. The molecular formula is C24H25F2N5O3. The van der Waals surface area contributed by atoms with Crippen molar-refractivity contribution >= 4 is 28.9 Å². The molecule has 0 spiro atoms. The molecule has 3 rings (SSSR count). The van der Waals surface area contributed by atoms with Crippen LogP contribution in [0.5, 0.6) is 5.75 Å². The van der Waals surface area contributed by atoms with Gasteiger partial charge in [0.05, 0.1) is 19.0 Å². The van der Waals surface area contributed by atoms with Crippen LogP contribution in [-0.2, 0) is 15.5 Å². The number of rotatable bonds is 8. The van der Waals surface area contributed by atoms with E-state index in [1.165, 1.54) is 50.8 Å². The number of alkyl halides is 2. The molecule has 0 fully saturated rings. The summed E-state index contributed by atoms with van der Waals surface area (Å²) < 4.78 is 32.6. The van der Waals surface area contributed by atoms with Crippen LogP contribution in [0.2, 0.25) is 0 Å². The molecule has 0 aliphatic heterocycles. The van der Waals surface area contributed by atoms with Gasteiger partial charge in [0, 0.05) is 49.0 Å². The predicted octanol–water partition coefficient (Wildman–Crippen LogP) is 4.74. The lowest BCUT2D eigenvalue weighted by Gasteiger charge is -2.18. The van der Waals surface area contributed by atoms with Gasteiger partial charge in [-0.15, -0.1) is 0 Å². The second kappa shape index (κ2) is 10.2. The van der Waals surface area contributed by atoms with Crippen LogP contribution in [-0.4, -0.2) is 34.6 Å². The number of carbonyl (C=O) groups excluding carboxylic acids is 2. The Labute approximate surface area is 196 Å². The lowest BCUT2D eigenvalue weighted by atomic mass is 10.0. The van der Waals surface area contributed by atoms with Gasteiger partial charge in [0.15, 0.2) is 5.92 Å². The van der Waals surface area contributed by atoms with Gasteiger partial charge in [0.25, 0.3) is 5.92 Å². The molecule has 34 heavy (non-hydrogen) atoms. The third-order valence-corrected chi connectivity index (χ3v) is 4.90. The number of aromatic nitrogens is 2. The summed E-state index contributed by atoms with van der Waals surface area (Å²) in [5.74, 6) is -5.64. The van der Waals surface area contributed by atoms with Crippen molar-refractivity contribution in [3.05, 3.63) is 66.6 Å². The fourth-order valence-corrected chi connectivity index (χ4v) is 3.24. The molecule has 0 saturated carbocycles. The first-order chi connectivity index (χ1) is 16.1. The summed E-state index contributed by atoms with van der Waals surface area (Å²) in [6, 6.07) is 9.99. The van der Waals surface area contributed by atoms with Gasteiger partial charge in [-0.3, -0.25) is 19.6 Å². The van der Waals surface area contributed by atoms with Crippen molar-refractivity contribution < 1.29 is 24.5 Å². The van der Waals surface area contributed by atoms with E-state index in [-0.39, 0.29) is 18.4 Å². The number of hydrogen-bond donors (Lipinski definition) is 3. The average Bonchev–Trinajstić information content (AvgIpc) is 2.79. The minimum Gasteiger partial charge on any atom is -0.496 e. The van der Waals surface area contributed by atoms with Crippen LogP contribution in [0, 0.1) is 11.3 Å². The van der Waals surface area contributed by atoms with E-state index < -0.39 is 23.7 Å². The molecule has 2 aromatic carbocycles. The zero-order valence-corrected chi connectivity index (χ0v) is 18.7. The summed E-state index contributed by atoms with van der Waals surface area (Å²) in [5.41, 5.74) is 1.02. The van der Waals surface area contributed by atoms with Gasteiger partial charge in [0.2, 0.25) is 11.8 Å². The second-order valence-corrected chi connectivity index (χ2v) is 7.57. The van der Waals surface area contributed by atoms with Gasteiger partial charge < -0.3 is 20.8 Å². The third kappa shape index (κ3) is 5.77. The molecule has 0 saturated heterocycles. The quantitative estimate of drug-likeness (QED) is 0.325. The van der Waals surface area contributed by atoms with Gasteiger partial charge >= 0.3 is 0 Å². The Morgan fingerprint density at radius 2 is 1.76 bits per heavy atom. The van der Waals surface area contributed by atoms with Crippen molar-refractivity contribution in [3.63, 3.8) is 0 Å². The van der Waals surface area contributed by atoms with Crippen LogP contribution in [0.1, 0.15) is 20.8 Å². The van der Waals surface area contributed by atoms with Crippen molar-refractivity contribution in [2.24, 2.45) is 5.92 Å². The number of nitrogens with zero attached hydrogens (tertiary/aromatic N) is 2. The third-order valence-electron chi connectivity index (χ3n) is 4.90. The summed E-state index contributed by atoms with van der Waals surface area (Å²) in [6.45, 7) is 2.06. The Bertz CT molecular complexity index is 1220. The number of amides is 2. The molecule has 3 aromatic rings. The molecule has 0 bridgehead atoms. The van der Waals surface area contributed by atoms with E-state index in [0.717, 1.165) is 13.0 Å². The van der Waals surface area contributed by atoms with Crippen molar-refractivity contribution in [3.8, 4) is 17.0 Å². The fraction of sp³-hybridized carbons (Fsp3) is 0.208. The molecular weight excluding hydrogens is 444 g/mol. The average molecular weight is 469 g/mol. The largest absolute Gasteiger partial charge is 0.496 e. The number of ether oxygens (including phenoxy) is 1. The SMILES string of the molecule is COc1ccc(NC(=O)C(C(C)=N)C(=O)Nc2cccc(C(C)(F)F)c2)cc1-c1cnccn1.[HH]. The van der Waals surface area contributed by atoms with Crippen LogP contribution < -0.4 is 15.4 Å². The van der Waals surface area contributed by atoms with E-state index in [1.807, 2.05) is 0 Å². The van der Waals surface area contributed by atoms with Gasteiger partial charge in [-0.05, 0) is 37.3 Å². The van der Waals surface area contributed by atoms with Gasteiger partial charge in [-0.1, -0.05) is 12.1 Å². The second-order valence-electron chi connectivity index (χ2n) is 7.57. The van der Waals surface area contributed by atoms with Crippen LogP contribution in [0.4, 0.5) is 20.2 Å². The molecule has 0 aliphatic rings. The Hall–Kier alpha value is -4.21. The zero-order valence-electron chi connectivity index (χ0n) is 18.7. The van der Waals surface area contributed by atoms with Gasteiger partial charge in [0.1, 0.15) is 5.75 Å². The molecule has 1 heterocycles. The van der Waals surface area contributed by atoms with Crippen LogP contribution >= 0.6 is 0 Å². The molecule has 10 heteroatoms. The molecule has 8 nitrogen and oxygen atoms in total. The highest BCUT2D eigenvalue weighted by molar-refractivity contribution is 6.24. The minimum absolute atomic E-state index is 0. The fourth-order valence-electron chi connectivity index (χ4n) is 3.24. The van der Waals surface area contributed by atoms with Gasteiger partial charge in [-0.25, -0.2) is 8.78 Å². The van der Waals surface area contributed by atoms with E-state index >= 15 is 0 Å². The normalized spacial score (nSPS) is 11.9. The Morgan fingerprint density at radius 3 is 2.32 bits per heavy atom. The molecule has 1 atom stereocenters. The van der Waals surface area contributed by atoms with Crippen LogP contribution in [0.3, 0.4) is 0 Å². The highest BCUT2D eigenvalue weighted by atomic mass is 19.3. The zero-order chi connectivity index (χ0) is 24.9. The summed E-state index contributed by atoms with van der Waals surface area (Å²) in [7, 11) is 1.50. The van der Waals surface area contributed by atoms with Crippen LogP contribution in [0.15, 0.2) is 61.1 Å². The van der Waals surface area contributed by atoms with E-state index in [0.29, 0.717) is 22.7 Å². The maximum Gasteiger partial charge on any atom is 0.270 e. The van der Waals surface area contributed by atoms with E-state index in [2.05, 4.69) is 20.6 Å². The Kier molecular flexibility index (Phi) is 7.30. The number of nitrogens with one attached hydrogen (secondary N) is 3. The standard InChI is InChI=1S/C24H23F2N5O3.H2/c1-14(27)21(22(32)30-16-6-4-5-15(11-16)24(2,25)26)23(33)31-17-7-8-20(34-3)18(12-17)19-13-28-9-10-29-19;/h4-13,21,27H,1-3H3,(H,30,32)(H,31,33);1H. The van der Waals surface area contributed by atoms with Crippen molar-refractivity contribution in [2.45, 2.75) is 19.8 Å². The number of anilines is 2. The minimum atomic E-state index is -3.09. The van der Waals surface area contributed by atoms with Gasteiger partial charge in [-0.2, -0.15) is 0 Å². The van der Waals surface area contributed by atoms with E-state index in [1.54, 1.807) is 18.2 Å². The maximum atomic E-state index is 13.6. The highest BCUT2D eigenvalue weighted by Crippen LogP contribution is 2.31. The van der Waals surface area contributed by atoms with E-state index in [4.69, 9.17) is 10.1 Å². The maximum absolute atomic E-state index is 13.6. The first-order valence-corrected chi connectivity index (χ1v) is 10.2. The molecule has 0 aliphatic carbocycles. The summed E-state index contributed by atoms with van der Waals surface area (Å²) in [6.07, 6.45) is 4.58. The van der Waals surface area contributed by atoms with Crippen LogP contribution in [0.25, 0.3) is 11.3 Å². The number of benzene rings is 2. The summed E-state index contributed by atoms with van der Waals surface area (Å²) >= 11 is 0. The number of halogens is 2. The smallest absolute Gasteiger partial charge is 0.270 e. The molecule has 1 aromatic heterocycles. The van der Waals surface area contributed by atoms with Crippen molar-refractivity contribution in [1.82, 2.24) is 9.97 Å². The number of methoxy groups -OCH3 is 1. The predicted molar refractivity (Wildman–Crippen MR) is 126 cm³/mol. The lowest BCUT2D eigenvalue weighted by molar-refractivity contribution is -0.126. The number of hydrogen-bond acceptors (Lipinski definition) is 6. The number of carbonyl (C=O) groups is 2. The Balaban J connectivity index is 0.00000432. The topological polar surface area (TPSA) is 117 Å². The molecule has 3 N–H and O–H groups in total. The monoisotopic (exact) mass is 469 g/mol. The highest BCUT2D eigenvalue weighted by Gasteiger charge is 2.30. The lowest BCUT2D eigenvalue weighted by Crippen LogP contribution is -2.38. The Morgan fingerprint density at radius 1 is 1.09 bits per heavy atom. The summed E-state index contributed by atoms with van der Waals surface area (Å²) in [4.78, 5) is 34.0. The molecule has 0 radical (unpaired) electrons. The summed E-state index contributed by atoms with van der Waals surface area (Å²) in [5, 5.41) is 13.0. The first-order valence-electron chi connectivity index (χ1n) is 10.2. The molecule has 178 valence electrons. The van der Waals surface area contributed by atoms with E-state index in [9.17, 15) is 18.4 Å².